The number of hydrogen-bond donors (Lipinski definition) is 0. The Balaban J connectivity index is 1.61. The number of thiazole rings is 1. The Bertz CT molecular complexity index is 853. The van der Waals surface area contributed by atoms with E-state index in [0.29, 0.717) is 6.04 Å². The fraction of sp³-hybridized carbons (Fsp3) is 0.250. The molecule has 1 unspecified atom stereocenters. The molecule has 1 saturated heterocycles. The largest absolute Gasteiger partial charge is 0.327 e. The van der Waals surface area contributed by atoms with Crippen LogP contribution in [-0.4, -0.2) is 4.98 Å². The standard InChI is InChI=1S/C20H18N2S/c1-2-10-15(11-3-1)22-18(14-8-4-5-9-14)19(22)20-21-16-12-6-7-13-17(16)23-20/h1-3,6-7,10-13,19H,4-5,8-9H2. The van der Waals surface area contributed by atoms with Crippen molar-refractivity contribution < 1.29 is 0 Å². The molecule has 3 heteroatoms. The minimum Gasteiger partial charge on any atom is -0.327 e. The van der Waals surface area contributed by atoms with Crippen LogP contribution in [0, 0.1) is 0 Å². The number of para-hydroxylation sites is 2. The average Bonchev–Trinajstić information content (AvgIpc) is 2.97. The molecule has 2 nitrogen and oxygen atoms in total. The summed E-state index contributed by atoms with van der Waals surface area (Å²) in [7, 11) is 0. The molecule has 0 amide bonds. The van der Waals surface area contributed by atoms with Crippen LogP contribution in [0.4, 0.5) is 5.69 Å². The second-order valence-corrected chi connectivity index (χ2v) is 7.39. The van der Waals surface area contributed by atoms with Crippen LogP contribution in [0.1, 0.15) is 36.7 Å². The Morgan fingerprint density at radius 3 is 2.43 bits per heavy atom. The van der Waals surface area contributed by atoms with Gasteiger partial charge in [0.05, 0.1) is 10.2 Å². The van der Waals surface area contributed by atoms with Crippen molar-refractivity contribution in [3.8, 4) is 0 Å². The van der Waals surface area contributed by atoms with Gasteiger partial charge in [-0.1, -0.05) is 30.3 Å². The second kappa shape index (κ2) is 5.20. The highest BCUT2D eigenvalue weighted by molar-refractivity contribution is 7.18. The van der Waals surface area contributed by atoms with E-state index in [4.69, 9.17) is 4.98 Å². The summed E-state index contributed by atoms with van der Waals surface area (Å²) < 4.78 is 1.29. The zero-order valence-electron chi connectivity index (χ0n) is 12.9. The molecule has 3 aromatic rings. The van der Waals surface area contributed by atoms with Crippen LogP contribution in [0.15, 0.2) is 65.9 Å². The second-order valence-electron chi connectivity index (χ2n) is 6.32. The van der Waals surface area contributed by atoms with Gasteiger partial charge in [0.15, 0.2) is 0 Å². The fourth-order valence-electron chi connectivity index (χ4n) is 3.73. The van der Waals surface area contributed by atoms with Crippen LogP contribution in [0.2, 0.25) is 0 Å². The van der Waals surface area contributed by atoms with Gasteiger partial charge in [-0.2, -0.15) is 0 Å². The molecule has 2 fully saturated rings. The first-order valence-corrected chi connectivity index (χ1v) is 9.15. The Labute approximate surface area is 140 Å². The van der Waals surface area contributed by atoms with E-state index in [9.17, 15) is 0 Å². The number of aromatic nitrogens is 1. The molecule has 1 aliphatic carbocycles. The zero-order chi connectivity index (χ0) is 15.2. The molecule has 1 aromatic heterocycles. The quantitative estimate of drug-likeness (QED) is 0.565. The number of nitrogens with zero attached hydrogens (tertiary/aromatic N) is 2. The maximum absolute atomic E-state index is 4.91. The van der Waals surface area contributed by atoms with E-state index in [0.717, 1.165) is 5.52 Å². The lowest BCUT2D eigenvalue weighted by Gasteiger charge is -2.02. The predicted molar refractivity (Wildman–Crippen MR) is 96.8 cm³/mol. The summed E-state index contributed by atoms with van der Waals surface area (Å²) in [5.41, 5.74) is 5.60. The molecular formula is C20H18N2S. The van der Waals surface area contributed by atoms with Gasteiger partial charge in [-0.3, -0.25) is 0 Å². The maximum Gasteiger partial charge on any atom is 0.126 e. The molecule has 2 heterocycles. The van der Waals surface area contributed by atoms with Gasteiger partial charge in [0.1, 0.15) is 11.0 Å². The highest BCUT2D eigenvalue weighted by Crippen LogP contribution is 2.55. The van der Waals surface area contributed by atoms with Crippen molar-refractivity contribution in [2.45, 2.75) is 31.7 Å². The number of anilines is 1. The summed E-state index contributed by atoms with van der Waals surface area (Å²) in [4.78, 5) is 7.40. The first kappa shape index (κ1) is 13.3. The van der Waals surface area contributed by atoms with Crippen molar-refractivity contribution in [3.05, 3.63) is 70.9 Å². The summed E-state index contributed by atoms with van der Waals surface area (Å²) in [5, 5.41) is 1.24. The Morgan fingerprint density at radius 2 is 1.65 bits per heavy atom. The van der Waals surface area contributed by atoms with Crippen molar-refractivity contribution >= 4 is 27.2 Å². The number of hydrogen-bond acceptors (Lipinski definition) is 3. The molecule has 0 radical (unpaired) electrons. The molecule has 1 saturated carbocycles. The summed E-state index contributed by atoms with van der Waals surface area (Å²) >= 11 is 1.84. The van der Waals surface area contributed by atoms with Gasteiger partial charge in [-0.15, -0.1) is 11.3 Å². The fourth-order valence-corrected chi connectivity index (χ4v) is 4.79. The minimum absolute atomic E-state index is 0.364. The van der Waals surface area contributed by atoms with Crippen LogP contribution in [0.5, 0.6) is 0 Å². The van der Waals surface area contributed by atoms with Crippen LogP contribution in [0.3, 0.4) is 0 Å². The van der Waals surface area contributed by atoms with Crippen LogP contribution >= 0.6 is 11.3 Å². The number of benzene rings is 2. The van der Waals surface area contributed by atoms with Crippen molar-refractivity contribution in [3.63, 3.8) is 0 Å². The number of fused-ring (bicyclic) bond motifs is 1. The van der Waals surface area contributed by atoms with Gasteiger partial charge >= 0.3 is 0 Å². The molecular weight excluding hydrogens is 300 g/mol. The van der Waals surface area contributed by atoms with Crippen LogP contribution < -0.4 is 4.90 Å². The van der Waals surface area contributed by atoms with Gasteiger partial charge in [0.25, 0.3) is 0 Å². The number of rotatable bonds is 2. The molecule has 23 heavy (non-hydrogen) atoms. The monoisotopic (exact) mass is 318 g/mol. The molecule has 0 bridgehead atoms. The lowest BCUT2D eigenvalue weighted by atomic mass is 10.2. The van der Waals surface area contributed by atoms with Crippen molar-refractivity contribution in [1.29, 1.82) is 0 Å². The summed E-state index contributed by atoms with van der Waals surface area (Å²) in [6.07, 6.45) is 5.21. The average molecular weight is 318 g/mol. The zero-order valence-corrected chi connectivity index (χ0v) is 13.7. The molecule has 0 N–H and O–H groups in total. The maximum atomic E-state index is 4.91. The third-order valence-electron chi connectivity index (χ3n) is 4.86. The van der Waals surface area contributed by atoms with E-state index < -0.39 is 0 Å². The van der Waals surface area contributed by atoms with Gasteiger partial charge in [0.2, 0.25) is 0 Å². The van der Waals surface area contributed by atoms with Crippen molar-refractivity contribution in [1.82, 2.24) is 4.98 Å². The van der Waals surface area contributed by atoms with Gasteiger partial charge in [-0.25, -0.2) is 4.98 Å². The highest BCUT2D eigenvalue weighted by Gasteiger charge is 2.47. The molecule has 2 aromatic carbocycles. The Hall–Kier alpha value is -2.13. The van der Waals surface area contributed by atoms with E-state index in [2.05, 4.69) is 59.5 Å². The van der Waals surface area contributed by atoms with Crippen LogP contribution in [0.25, 0.3) is 10.2 Å². The highest BCUT2D eigenvalue weighted by atomic mass is 32.1. The Morgan fingerprint density at radius 1 is 0.913 bits per heavy atom. The van der Waals surface area contributed by atoms with Crippen molar-refractivity contribution in [2.24, 2.45) is 0 Å². The first-order chi connectivity index (χ1) is 11.4. The van der Waals surface area contributed by atoms with E-state index in [-0.39, 0.29) is 0 Å². The Kier molecular flexibility index (Phi) is 3.01. The lowest BCUT2D eigenvalue weighted by molar-refractivity contribution is 0.886. The third-order valence-corrected chi connectivity index (χ3v) is 5.95. The van der Waals surface area contributed by atoms with E-state index in [1.54, 1.807) is 5.57 Å². The smallest absolute Gasteiger partial charge is 0.126 e. The molecule has 2 aliphatic rings. The van der Waals surface area contributed by atoms with E-state index in [1.165, 1.54) is 46.8 Å². The predicted octanol–water partition coefficient (Wildman–Crippen LogP) is 5.69. The third kappa shape index (κ3) is 2.19. The molecule has 1 atom stereocenters. The molecule has 5 rings (SSSR count). The first-order valence-electron chi connectivity index (χ1n) is 8.33. The summed E-state index contributed by atoms with van der Waals surface area (Å²) in [6, 6.07) is 19.6. The normalized spacial score (nSPS) is 20.5. The van der Waals surface area contributed by atoms with E-state index >= 15 is 0 Å². The van der Waals surface area contributed by atoms with Crippen molar-refractivity contribution in [2.75, 3.05) is 4.90 Å². The molecule has 0 spiro atoms. The van der Waals surface area contributed by atoms with Crippen LogP contribution in [-0.2, 0) is 0 Å². The molecule has 114 valence electrons. The van der Waals surface area contributed by atoms with E-state index in [1.807, 2.05) is 11.3 Å². The topological polar surface area (TPSA) is 15.9 Å². The molecule has 1 aliphatic heterocycles. The SMILES string of the molecule is c1ccc(N2C(=C3CCCC3)C2c2nc3ccccc3s2)cc1. The summed E-state index contributed by atoms with van der Waals surface area (Å²) in [6.45, 7) is 0. The minimum atomic E-state index is 0.364. The summed E-state index contributed by atoms with van der Waals surface area (Å²) in [5.74, 6) is 0. The lowest BCUT2D eigenvalue weighted by Crippen LogP contribution is -1.93. The number of allylic oxidation sites excluding steroid dienone is 1. The van der Waals surface area contributed by atoms with Gasteiger partial charge in [-0.05, 0) is 55.5 Å². The van der Waals surface area contributed by atoms with Gasteiger partial charge < -0.3 is 4.90 Å². The van der Waals surface area contributed by atoms with Gasteiger partial charge in [0, 0.05) is 11.4 Å².